The number of benzene rings is 3. The van der Waals surface area contributed by atoms with E-state index in [4.69, 9.17) is 4.74 Å². The van der Waals surface area contributed by atoms with Crippen LogP contribution in [0.4, 0.5) is 0 Å². The van der Waals surface area contributed by atoms with Gasteiger partial charge in [-0.25, -0.2) is 0 Å². The standard InChI is InChI=1S/C34H34N2O/c1-21-17-26-30-25-14-8-10-16-28(25)36-33(30)31(29-22(2)35-27-15-9-7-13-24(27)29)32(26)34(3,18-21)20-37-19-23-11-5-4-6-12-23/h4-17,26,31-32,35-36H,18-20H2,1-3H3/t26-,31+,32-,34+/m0/s1. The number of allylic oxidation sites excluding steroid dienone is 2. The molecule has 3 heteroatoms. The molecule has 7 rings (SSSR count). The van der Waals surface area contributed by atoms with Crippen molar-refractivity contribution in [2.24, 2.45) is 11.3 Å². The van der Waals surface area contributed by atoms with Crippen molar-refractivity contribution in [3.8, 4) is 0 Å². The number of ether oxygens (including phenoxy) is 1. The molecular weight excluding hydrogens is 452 g/mol. The van der Waals surface area contributed by atoms with Gasteiger partial charge in [0.25, 0.3) is 0 Å². The van der Waals surface area contributed by atoms with Gasteiger partial charge in [0.1, 0.15) is 0 Å². The Bertz CT molecular complexity index is 1640. The van der Waals surface area contributed by atoms with Gasteiger partial charge in [-0.15, -0.1) is 0 Å². The first-order valence-corrected chi connectivity index (χ1v) is 13.5. The highest BCUT2D eigenvalue weighted by Crippen LogP contribution is 2.63. The van der Waals surface area contributed by atoms with Gasteiger partial charge in [0, 0.05) is 45.0 Å². The highest BCUT2D eigenvalue weighted by Gasteiger charge is 2.54. The van der Waals surface area contributed by atoms with Crippen molar-refractivity contribution in [2.75, 3.05) is 6.61 Å². The molecule has 0 aliphatic heterocycles. The van der Waals surface area contributed by atoms with E-state index in [0.29, 0.717) is 18.4 Å². The minimum absolute atomic E-state index is 0.00866. The van der Waals surface area contributed by atoms with Crippen molar-refractivity contribution in [3.05, 3.63) is 119 Å². The lowest BCUT2D eigenvalue weighted by Gasteiger charge is -2.45. The second-order valence-electron chi connectivity index (χ2n) is 11.6. The molecule has 0 saturated heterocycles. The van der Waals surface area contributed by atoms with Crippen molar-refractivity contribution in [2.45, 2.75) is 45.6 Å². The molecule has 0 amide bonds. The van der Waals surface area contributed by atoms with Gasteiger partial charge < -0.3 is 14.7 Å². The lowest BCUT2D eigenvalue weighted by molar-refractivity contribution is -0.00147. The molecule has 2 N–H and O–H groups in total. The van der Waals surface area contributed by atoms with Gasteiger partial charge in [-0.2, -0.15) is 0 Å². The molecule has 3 nitrogen and oxygen atoms in total. The second kappa shape index (κ2) is 8.49. The first-order chi connectivity index (χ1) is 18.0. The van der Waals surface area contributed by atoms with E-state index in [9.17, 15) is 0 Å². The molecule has 0 saturated carbocycles. The van der Waals surface area contributed by atoms with Gasteiger partial charge in [0.15, 0.2) is 0 Å². The van der Waals surface area contributed by atoms with Crippen LogP contribution in [0, 0.1) is 18.3 Å². The third kappa shape index (κ3) is 3.52. The van der Waals surface area contributed by atoms with Gasteiger partial charge in [-0.05, 0) is 60.4 Å². The van der Waals surface area contributed by atoms with Gasteiger partial charge in [0.05, 0.1) is 13.2 Å². The first-order valence-electron chi connectivity index (χ1n) is 13.5. The van der Waals surface area contributed by atoms with E-state index in [0.717, 1.165) is 13.0 Å². The predicted molar refractivity (Wildman–Crippen MR) is 152 cm³/mol. The predicted octanol–water partition coefficient (Wildman–Crippen LogP) is 8.38. The fourth-order valence-corrected chi connectivity index (χ4v) is 7.65. The van der Waals surface area contributed by atoms with Crippen LogP contribution in [-0.2, 0) is 11.3 Å². The number of hydrogen-bond donors (Lipinski definition) is 2. The molecule has 0 spiro atoms. The van der Waals surface area contributed by atoms with Crippen molar-refractivity contribution in [3.63, 3.8) is 0 Å². The number of para-hydroxylation sites is 2. The number of hydrogen-bond acceptors (Lipinski definition) is 1. The van der Waals surface area contributed by atoms with Gasteiger partial charge in [-0.1, -0.05) is 85.3 Å². The van der Waals surface area contributed by atoms with E-state index in [1.54, 1.807) is 0 Å². The van der Waals surface area contributed by atoms with Crippen LogP contribution in [0.5, 0.6) is 0 Å². The number of nitrogens with one attached hydrogen (secondary N) is 2. The minimum Gasteiger partial charge on any atom is -0.376 e. The summed E-state index contributed by atoms with van der Waals surface area (Å²) in [6.45, 7) is 8.43. The fourth-order valence-electron chi connectivity index (χ4n) is 7.65. The lowest BCUT2D eigenvalue weighted by atomic mass is 9.60. The molecule has 0 radical (unpaired) electrons. The van der Waals surface area contributed by atoms with Crippen LogP contribution in [0.2, 0.25) is 0 Å². The zero-order valence-electron chi connectivity index (χ0n) is 21.8. The summed E-state index contributed by atoms with van der Waals surface area (Å²) < 4.78 is 6.52. The summed E-state index contributed by atoms with van der Waals surface area (Å²) in [5.74, 6) is 1.05. The van der Waals surface area contributed by atoms with Crippen LogP contribution in [0.1, 0.15) is 60.2 Å². The summed E-state index contributed by atoms with van der Waals surface area (Å²) in [4.78, 5) is 7.62. The van der Waals surface area contributed by atoms with Crippen molar-refractivity contribution in [1.82, 2.24) is 9.97 Å². The average Bonchev–Trinajstić information content (AvgIpc) is 3.53. The van der Waals surface area contributed by atoms with Crippen LogP contribution >= 0.6 is 0 Å². The Labute approximate surface area is 218 Å². The highest BCUT2D eigenvalue weighted by molar-refractivity contribution is 5.90. The number of aromatic nitrogens is 2. The summed E-state index contributed by atoms with van der Waals surface area (Å²) in [7, 11) is 0. The summed E-state index contributed by atoms with van der Waals surface area (Å²) in [6.07, 6.45) is 3.62. The van der Waals surface area contributed by atoms with Gasteiger partial charge >= 0.3 is 0 Å². The molecule has 0 fully saturated rings. The van der Waals surface area contributed by atoms with Crippen LogP contribution < -0.4 is 0 Å². The van der Waals surface area contributed by atoms with E-state index >= 15 is 0 Å². The molecule has 2 heterocycles. The van der Waals surface area contributed by atoms with Crippen molar-refractivity contribution in [1.29, 1.82) is 0 Å². The highest BCUT2D eigenvalue weighted by atomic mass is 16.5. The molecule has 4 atom stereocenters. The van der Waals surface area contributed by atoms with Crippen LogP contribution in [-0.4, -0.2) is 16.6 Å². The molecule has 37 heavy (non-hydrogen) atoms. The van der Waals surface area contributed by atoms with Crippen molar-refractivity contribution < 1.29 is 4.74 Å². The maximum absolute atomic E-state index is 6.52. The zero-order chi connectivity index (χ0) is 25.1. The van der Waals surface area contributed by atoms with E-state index in [2.05, 4.69) is 116 Å². The quantitative estimate of drug-likeness (QED) is 0.241. The maximum atomic E-state index is 6.52. The van der Waals surface area contributed by atoms with E-state index in [1.165, 1.54) is 55.5 Å². The zero-order valence-corrected chi connectivity index (χ0v) is 21.8. The molecule has 0 bridgehead atoms. The second-order valence-corrected chi connectivity index (χ2v) is 11.6. The summed E-state index contributed by atoms with van der Waals surface area (Å²) in [5.41, 5.74) is 10.8. The Morgan fingerprint density at radius 2 is 1.46 bits per heavy atom. The fraction of sp³-hybridized carbons (Fsp3) is 0.294. The maximum Gasteiger partial charge on any atom is 0.0717 e. The van der Waals surface area contributed by atoms with Gasteiger partial charge in [-0.3, -0.25) is 0 Å². The SMILES string of the molecule is CC1=C[C@H]2c3c([nH]c4ccccc34)[C@H](c3c(C)[nH]c4ccccc34)[C@H]2[C@@](C)(COCc2ccccc2)C1. The molecule has 0 unspecified atom stereocenters. The normalized spacial score (nSPS) is 24.8. The third-order valence-corrected chi connectivity index (χ3v) is 8.92. The minimum atomic E-state index is 0.00866. The van der Waals surface area contributed by atoms with E-state index in [1.807, 2.05) is 0 Å². The molecule has 2 aliphatic carbocycles. The van der Waals surface area contributed by atoms with Crippen LogP contribution in [0.15, 0.2) is 90.5 Å². The number of rotatable bonds is 5. The Morgan fingerprint density at radius 1 is 0.811 bits per heavy atom. The van der Waals surface area contributed by atoms with Crippen molar-refractivity contribution >= 4 is 21.8 Å². The van der Waals surface area contributed by atoms with Crippen LogP contribution in [0.25, 0.3) is 21.8 Å². The number of H-pyrrole nitrogens is 2. The Morgan fingerprint density at radius 3 is 2.22 bits per heavy atom. The summed E-state index contributed by atoms with van der Waals surface area (Å²) in [6, 6.07) is 28.2. The van der Waals surface area contributed by atoms with Crippen LogP contribution in [0.3, 0.4) is 0 Å². The Kier molecular flexibility index (Phi) is 5.19. The third-order valence-electron chi connectivity index (χ3n) is 8.92. The Balaban J connectivity index is 1.39. The van der Waals surface area contributed by atoms with Gasteiger partial charge in [0.2, 0.25) is 0 Å². The largest absolute Gasteiger partial charge is 0.376 e. The Hall–Kier alpha value is -3.56. The molecule has 186 valence electrons. The smallest absolute Gasteiger partial charge is 0.0717 e. The van der Waals surface area contributed by atoms with E-state index in [-0.39, 0.29) is 11.3 Å². The number of aromatic amines is 2. The summed E-state index contributed by atoms with van der Waals surface area (Å²) >= 11 is 0. The topological polar surface area (TPSA) is 40.8 Å². The molecular formula is C34H34N2O. The average molecular weight is 487 g/mol. The molecule has 2 aliphatic rings. The number of fused-ring (bicyclic) bond motifs is 6. The number of aryl methyl sites for hydroxylation is 1. The summed E-state index contributed by atoms with van der Waals surface area (Å²) in [5, 5.41) is 2.71. The lowest BCUT2D eigenvalue weighted by Crippen LogP contribution is -2.39. The van der Waals surface area contributed by atoms with E-state index < -0.39 is 0 Å². The first kappa shape index (κ1) is 22.6. The molecule has 3 aromatic carbocycles. The molecule has 2 aromatic heterocycles. The molecule has 5 aromatic rings. The monoisotopic (exact) mass is 486 g/mol.